The second-order valence-electron chi connectivity index (χ2n) is 7.65. The normalized spacial score (nSPS) is 19.5. The average molecular weight is 369 g/mol. The van der Waals surface area contributed by atoms with E-state index in [2.05, 4.69) is 18.9 Å². The Bertz CT molecular complexity index is 854. The van der Waals surface area contributed by atoms with Crippen LogP contribution in [0.5, 0.6) is 0 Å². The lowest BCUT2D eigenvalue weighted by molar-refractivity contribution is -0.136. The quantitative estimate of drug-likeness (QED) is 0.877. The zero-order valence-electron chi connectivity index (χ0n) is 16.4. The molecule has 1 aliphatic heterocycles. The molecule has 144 valence electrons. The van der Waals surface area contributed by atoms with E-state index < -0.39 is 5.97 Å². The van der Waals surface area contributed by atoms with Crippen LogP contribution in [0.3, 0.4) is 0 Å². The number of rotatable bonds is 5. The molecule has 6 nitrogen and oxygen atoms in total. The summed E-state index contributed by atoms with van der Waals surface area (Å²) in [6.07, 6.45) is 1.61. The van der Waals surface area contributed by atoms with E-state index in [1.165, 1.54) is 0 Å². The van der Waals surface area contributed by atoms with Crippen molar-refractivity contribution in [2.45, 2.75) is 53.0 Å². The number of likely N-dealkylation sites (tertiary alicyclic amines) is 1. The lowest BCUT2D eigenvalue weighted by atomic mass is 10.1. The molecule has 0 radical (unpaired) electrons. The number of nitrogens with zero attached hydrogens (tertiary/aromatic N) is 3. The molecule has 1 fully saturated rings. The second-order valence-corrected chi connectivity index (χ2v) is 7.65. The molecule has 0 aliphatic carbocycles. The lowest BCUT2D eigenvalue weighted by Gasteiger charge is -2.21. The number of hydrogen-bond donors (Lipinski definition) is 1. The van der Waals surface area contributed by atoms with Crippen molar-refractivity contribution in [2.24, 2.45) is 5.92 Å². The molecule has 2 atom stereocenters. The van der Waals surface area contributed by atoms with E-state index >= 15 is 0 Å². The van der Waals surface area contributed by atoms with Gasteiger partial charge in [0.05, 0.1) is 11.4 Å². The molecule has 0 spiro atoms. The highest BCUT2D eigenvalue weighted by molar-refractivity contribution is 5.94. The summed E-state index contributed by atoms with van der Waals surface area (Å²) in [7, 11) is 0. The molecule has 1 aromatic carbocycles. The number of amides is 1. The van der Waals surface area contributed by atoms with Crippen LogP contribution in [0.1, 0.15) is 54.0 Å². The minimum Gasteiger partial charge on any atom is -0.481 e. The van der Waals surface area contributed by atoms with Gasteiger partial charge in [-0.1, -0.05) is 6.92 Å². The number of carbonyl (C=O) groups is 2. The highest BCUT2D eigenvalue weighted by Crippen LogP contribution is 2.25. The Hall–Kier alpha value is -2.63. The second kappa shape index (κ2) is 7.55. The number of carboxylic acid groups (broad SMARTS) is 1. The van der Waals surface area contributed by atoms with Crippen LogP contribution in [-0.2, 0) is 11.2 Å². The summed E-state index contributed by atoms with van der Waals surface area (Å²) < 4.78 is 1.82. The van der Waals surface area contributed by atoms with Crippen molar-refractivity contribution in [3.63, 3.8) is 0 Å². The van der Waals surface area contributed by atoms with E-state index in [9.17, 15) is 9.59 Å². The van der Waals surface area contributed by atoms with Gasteiger partial charge in [0.15, 0.2) is 0 Å². The first-order valence-corrected chi connectivity index (χ1v) is 9.46. The molecule has 1 aromatic heterocycles. The summed E-state index contributed by atoms with van der Waals surface area (Å²) in [5.41, 5.74) is 4.31. The third-order valence-electron chi connectivity index (χ3n) is 5.43. The molecule has 1 amide bonds. The summed E-state index contributed by atoms with van der Waals surface area (Å²) in [5, 5.41) is 13.5. The van der Waals surface area contributed by atoms with Gasteiger partial charge in [0.1, 0.15) is 0 Å². The highest BCUT2D eigenvalue weighted by Gasteiger charge is 2.30. The Morgan fingerprint density at radius 3 is 2.41 bits per heavy atom. The van der Waals surface area contributed by atoms with Crippen molar-refractivity contribution in [3.05, 3.63) is 46.8 Å². The summed E-state index contributed by atoms with van der Waals surface area (Å²) in [5.74, 6) is -0.189. The summed E-state index contributed by atoms with van der Waals surface area (Å²) >= 11 is 0. The van der Waals surface area contributed by atoms with Crippen LogP contribution in [-0.4, -0.2) is 44.3 Å². The first-order chi connectivity index (χ1) is 12.8. The Morgan fingerprint density at radius 2 is 1.85 bits per heavy atom. The summed E-state index contributed by atoms with van der Waals surface area (Å²) in [4.78, 5) is 25.6. The van der Waals surface area contributed by atoms with Gasteiger partial charge in [0, 0.05) is 30.3 Å². The first-order valence-electron chi connectivity index (χ1n) is 9.46. The van der Waals surface area contributed by atoms with Gasteiger partial charge < -0.3 is 10.0 Å². The molecule has 2 heterocycles. The maximum atomic E-state index is 12.8. The van der Waals surface area contributed by atoms with E-state index in [-0.39, 0.29) is 18.4 Å². The van der Waals surface area contributed by atoms with Gasteiger partial charge in [-0.25, -0.2) is 4.68 Å². The van der Waals surface area contributed by atoms with Gasteiger partial charge in [-0.05, 0) is 69.4 Å². The molecule has 0 saturated carbocycles. The van der Waals surface area contributed by atoms with Gasteiger partial charge in [0.25, 0.3) is 5.91 Å². The molecular weight excluding hydrogens is 342 g/mol. The molecule has 1 saturated heterocycles. The Morgan fingerprint density at radius 1 is 1.19 bits per heavy atom. The third-order valence-corrected chi connectivity index (χ3v) is 5.43. The molecule has 0 bridgehead atoms. The fourth-order valence-corrected chi connectivity index (χ4v) is 4.01. The van der Waals surface area contributed by atoms with Crippen molar-refractivity contribution in [3.8, 4) is 5.69 Å². The number of aromatic nitrogens is 2. The number of carbonyl (C=O) groups excluding carboxylic acids is 1. The van der Waals surface area contributed by atoms with Crippen molar-refractivity contribution in [2.75, 3.05) is 6.54 Å². The Balaban J connectivity index is 1.81. The van der Waals surface area contributed by atoms with E-state index in [0.717, 1.165) is 35.6 Å². The topological polar surface area (TPSA) is 75.4 Å². The SMILES string of the molecule is Cc1nn(-c2ccc(C(=O)N3CC(C)CC3C)cc2)c(C)c1CCC(=O)O. The molecule has 3 rings (SSSR count). The van der Waals surface area contributed by atoms with E-state index in [0.29, 0.717) is 17.9 Å². The number of hydrogen-bond acceptors (Lipinski definition) is 3. The van der Waals surface area contributed by atoms with Crippen LogP contribution in [0.25, 0.3) is 5.69 Å². The summed E-state index contributed by atoms with van der Waals surface area (Å²) in [6.45, 7) is 8.94. The lowest BCUT2D eigenvalue weighted by Crippen LogP contribution is -2.33. The van der Waals surface area contributed by atoms with Crippen LogP contribution >= 0.6 is 0 Å². The van der Waals surface area contributed by atoms with Gasteiger partial charge in [0.2, 0.25) is 0 Å². The molecule has 1 aliphatic rings. The highest BCUT2D eigenvalue weighted by atomic mass is 16.4. The number of benzene rings is 1. The molecule has 1 N–H and O–H groups in total. The minimum absolute atomic E-state index is 0.0777. The Kier molecular flexibility index (Phi) is 5.35. The molecular formula is C21H27N3O3. The van der Waals surface area contributed by atoms with Crippen LogP contribution in [0.4, 0.5) is 0 Å². The largest absolute Gasteiger partial charge is 0.481 e. The smallest absolute Gasteiger partial charge is 0.303 e. The standard InChI is InChI=1S/C21H27N3O3/c1-13-11-14(2)23(12-13)21(27)17-5-7-18(8-6-17)24-16(4)19(15(3)22-24)9-10-20(25)26/h5-8,13-14H,9-12H2,1-4H3,(H,25,26). The van der Waals surface area contributed by atoms with Crippen molar-refractivity contribution < 1.29 is 14.7 Å². The first kappa shape index (κ1) is 19.1. The zero-order valence-corrected chi connectivity index (χ0v) is 16.4. The van der Waals surface area contributed by atoms with Crippen molar-refractivity contribution >= 4 is 11.9 Å². The number of aryl methyl sites for hydroxylation is 1. The van der Waals surface area contributed by atoms with Crippen molar-refractivity contribution in [1.82, 2.24) is 14.7 Å². The van der Waals surface area contributed by atoms with Crippen molar-refractivity contribution in [1.29, 1.82) is 0 Å². The maximum absolute atomic E-state index is 12.8. The predicted octanol–water partition coefficient (Wildman–Crippen LogP) is 3.38. The van der Waals surface area contributed by atoms with Crippen LogP contribution in [0, 0.1) is 19.8 Å². The Labute approximate surface area is 159 Å². The molecule has 2 aromatic rings. The average Bonchev–Trinajstić information content (AvgIpc) is 3.11. The molecule has 6 heteroatoms. The van der Waals surface area contributed by atoms with Crippen LogP contribution in [0.15, 0.2) is 24.3 Å². The molecule has 2 unspecified atom stereocenters. The number of aliphatic carboxylic acids is 1. The molecule has 27 heavy (non-hydrogen) atoms. The third kappa shape index (κ3) is 3.89. The van der Waals surface area contributed by atoms with E-state index in [1.807, 2.05) is 47.7 Å². The van der Waals surface area contributed by atoms with Gasteiger partial charge in [-0.15, -0.1) is 0 Å². The van der Waals surface area contributed by atoms with Gasteiger partial charge >= 0.3 is 5.97 Å². The number of carboxylic acids is 1. The summed E-state index contributed by atoms with van der Waals surface area (Å²) in [6, 6.07) is 7.77. The maximum Gasteiger partial charge on any atom is 0.303 e. The fraction of sp³-hybridized carbons (Fsp3) is 0.476. The van der Waals surface area contributed by atoms with Gasteiger partial charge in [-0.3, -0.25) is 9.59 Å². The van der Waals surface area contributed by atoms with Crippen LogP contribution in [0.2, 0.25) is 0 Å². The zero-order chi connectivity index (χ0) is 19.7. The van der Waals surface area contributed by atoms with E-state index in [4.69, 9.17) is 5.11 Å². The van der Waals surface area contributed by atoms with Crippen LogP contribution < -0.4 is 0 Å². The van der Waals surface area contributed by atoms with E-state index in [1.54, 1.807) is 0 Å². The predicted molar refractivity (Wildman–Crippen MR) is 103 cm³/mol. The fourth-order valence-electron chi connectivity index (χ4n) is 4.01. The van der Waals surface area contributed by atoms with Gasteiger partial charge in [-0.2, -0.15) is 5.10 Å². The minimum atomic E-state index is -0.810. The monoisotopic (exact) mass is 369 g/mol.